The molecule has 134 valence electrons. The number of carbonyl (C=O) groups is 3. The highest BCUT2D eigenvalue weighted by Crippen LogP contribution is 2.22. The normalized spacial score (nSPS) is 9.77. The molecule has 26 heavy (non-hydrogen) atoms. The second kappa shape index (κ2) is 8.68. The molecule has 0 unspecified atom stereocenters. The summed E-state index contributed by atoms with van der Waals surface area (Å²) < 4.78 is 9.65. The molecule has 8 heteroatoms. The van der Waals surface area contributed by atoms with E-state index in [1.54, 1.807) is 0 Å². The van der Waals surface area contributed by atoms with Gasteiger partial charge in [-0.2, -0.15) is 0 Å². The molecule has 0 aliphatic heterocycles. The second-order valence-corrected chi connectivity index (χ2v) is 5.31. The maximum absolute atomic E-state index is 12.1. The molecular formula is C18H15ClN2O5. The summed E-state index contributed by atoms with van der Waals surface area (Å²) in [5.74, 6) is -1.37. The van der Waals surface area contributed by atoms with Gasteiger partial charge in [0.05, 0.1) is 29.5 Å². The summed E-state index contributed by atoms with van der Waals surface area (Å²) in [6.45, 7) is 3.42. The first-order chi connectivity index (χ1) is 12.5. The van der Waals surface area contributed by atoms with Crippen molar-refractivity contribution in [1.82, 2.24) is 10.9 Å². The lowest BCUT2D eigenvalue weighted by Crippen LogP contribution is -2.41. The molecule has 7 nitrogen and oxygen atoms in total. The minimum absolute atomic E-state index is 0.142. The van der Waals surface area contributed by atoms with Gasteiger partial charge in [0.25, 0.3) is 11.8 Å². The molecule has 2 amide bonds. The molecule has 2 N–H and O–H groups in total. The number of esters is 1. The highest BCUT2D eigenvalue weighted by molar-refractivity contribution is 6.34. The van der Waals surface area contributed by atoms with Crippen LogP contribution < -0.4 is 15.6 Å². The van der Waals surface area contributed by atoms with Crippen LogP contribution in [0.15, 0.2) is 55.3 Å². The molecule has 0 bridgehead atoms. The standard InChI is InChI=1S/C18H15ClN2O5/c1-3-26-13-7-8-14(15(19)10-13)17(23)21-20-16(22)11-5-4-6-12(9-11)18(24)25-2/h3-10H,1H2,2H3,(H,20,22)(H,21,23). The highest BCUT2D eigenvalue weighted by Gasteiger charge is 2.14. The molecular weight excluding hydrogens is 360 g/mol. The van der Waals surface area contributed by atoms with Gasteiger partial charge >= 0.3 is 5.97 Å². The largest absolute Gasteiger partial charge is 0.466 e. The van der Waals surface area contributed by atoms with Gasteiger partial charge in [0.1, 0.15) is 5.75 Å². The lowest BCUT2D eigenvalue weighted by Gasteiger charge is -2.10. The van der Waals surface area contributed by atoms with Gasteiger partial charge in [-0.15, -0.1) is 0 Å². The summed E-state index contributed by atoms with van der Waals surface area (Å²) in [6.07, 6.45) is 1.23. The van der Waals surface area contributed by atoms with Crippen LogP contribution in [0.3, 0.4) is 0 Å². The van der Waals surface area contributed by atoms with Crippen molar-refractivity contribution >= 4 is 29.4 Å². The second-order valence-electron chi connectivity index (χ2n) is 4.91. The van der Waals surface area contributed by atoms with E-state index in [-0.39, 0.29) is 21.7 Å². The molecule has 0 atom stereocenters. The fourth-order valence-electron chi connectivity index (χ4n) is 2.01. The number of methoxy groups -OCH3 is 1. The van der Waals surface area contributed by atoms with Crippen LogP contribution in [-0.2, 0) is 4.74 Å². The van der Waals surface area contributed by atoms with Gasteiger partial charge in [-0.25, -0.2) is 4.79 Å². The Bertz CT molecular complexity index is 866. The lowest BCUT2D eigenvalue weighted by molar-refractivity contribution is 0.0600. The van der Waals surface area contributed by atoms with Gasteiger partial charge in [-0.05, 0) is 30.3 Å². The van der Waals surface area contributed by atoms with Gasteiger partial charge in [0.15, 0.2) is 0 Å². The molecule has 0 radical (unpaired) electrons. The third-order valence-corrected chi connectivity index (χ3v) is 3.55. The minimum atomic E-state index is -0.613. The average Bonchev–Trinajstić information content (AvgIpc) is 2.65. The maximum atomic E-state index is 12.1. The van der Waals surface area contributed by atoms with Crippen LogP contribution in [0.5, 0.6) is 5.75 Å². The Labute approximate surface area is 154 Å². The third kappa shape index (κ3) is 4.61. The number of halogens is 1. The number of carbonyl (C=O) groups excluding carboxylic acids is 3. The number of rotatable bonds is 5. The van der Waals surface area contributed by atoms with Crippen molar-refractivity contribution in [1.29, 1.82) is 0 Å². The van der Waals surface area contributed by atoms with Gasteiger partial charge in [0.2, 0.25) is 0 Å². The number of hydrazine groups is 1. The summed E-state index contributed by atoms with van der Waals surface area (Å²) in [5.41, 5.74) is 5.04. The van der Waals surface area contributed by atoms with E-state index >= 15 is 0 Å². The molecule has 2 aromatic rings. The fourth-order valence-corrected chi connectivity index (χ4v) is 2.26. The predicted octanol–water partition coefficient (Wildman–Crippen LogP) is 2.72. The van der Waals surface area contributed by atoms with Gasteiger partial charge < -0.3 is 9.47 Å². The van der Waals surface area contributed by atoms with Gasteiger partial charge in [0, 0.05) is 11.6 Å². The van der Waals surface area contributed by atoms with Crippen LogP contribution >= 0.6 is 11.6 Å². The van der Waals surface area contributed by atoms with E-state index in [1.165, 1.54) is 55.8 Å². The van der Waals surface area contributed by atoms with Crippen molar-refractivity contribution < 1.29 is 23.9 Å². The molecule has 0 saturated carbocycles. The van der Waals surface area contributed by atoms with Crippen molar-refractivity contribution in [2.75, 3.05) is 7.11 Å². The van der Waals surface area contributed by atoms with Crippen LogP contribution in [0, 0.1) is 0 Å². The van der Waals surface area contributed by atoms with Gasteiger partial charge in [-0.3, -0.25) is 20.4 Å². The van der Waals surface area contributed by atoms with E-state index in [2.05, 4.69) is 22.2 Å². The van der Waals surface area contributed by atoms with Crippen molar-refractivity contribution in [3.05, 3.63) is 77.0 Å². The number of amides is 2. The Kier molecular flexibility index (Phi) is 6.35. The van der Waals surface area contributed by atoms with Crippen LogP contribution in [0.4, 0.5) is 0 Å². The maximum Gasteiger partial charge on any atom is 0.337 e. The number of hydrogen-bond acceptors (Lipinski definition) is 5. The van der Waals surface area contributed by atoms with Crippen LogP contribution in [0.1, 0.15) is 31.1 Å². The Morgan fingerprint density at radius 1 is 1.04 bits per heavy atom. The first kappa shape index (κ1) is 19.0. The van der Waals surface area contributed by atoms with Crippen molar-refractivity contribution in [2.24, 2.45) is 0 Å². The summed E-state index contributed by atoms with van der Waals surface area (Å²) in [7, 11) is 1.24. The Morgan fingerprint density at radius 3 is 2.38 bits per heavy atom. The van der Waals surface area contributed by atoms with Gasteiger partial charge in [-0.1, -0.05) is 24.2 Å². The molecule has 0 heterocycles. The van der Waals surface area contributed by atoms with E-state index in [9.17, 15) is 14.4 Å². The molecule has 0 fully saturated rings. The molecule has 0 aromatic heterocycles. The van der Waals surface area contributed by atoms with E-state index in [4.69, 9.17) is 16.3 Å². The number of hydrogen-bond donors (Lipinski definition) is 2. The van der Waals surface area contributed by atoms with Crippen molar-refractivity contribution in [3.63, 3.8) is 0 Å². The first-order valence-corrected chi connectivity index (χ1v) is 7.70. The quantitative estimate of drug-likeness (QED) is 0.477. The molecule has 0 spiro atoms. The molecule has 2 aromatic carbocycles. The number of nitrogens with one attached hydrogen (secondary N) is 2. The highest BCUT2D eigenvalue weighted by atomic mass is 35.5. The molecule has 0 aliphatic carbocycles. The van der Waals surface area contributed by atoms with Crippen molar-refractivity contribution in [3.8, 4) is 5.75 Å². The lowest BCUT2D eigenvalue weighted by atomic mass is 10.1. The van der Waals surface area contributed by atoms with E-state index in [1.807, 2.05) is 0 Å². The van der Waals surface area contributed by atoms with E-state index in [0.717, 1.165) is 0 Å². The Hall–Kier alpha value is -3.32. The van der Waals surface area contributed by atoms with Crippen molar-refractivity contribution in [2.45, 2.75) is 0 Å². The van der Waals surface area contributed by atoms with Crippen LogP contribution in [0.25, 0.3) is 0 Å². The van der Waals surface area contributed by atoms with Crippen LogP contribution in [-0.4, -0.2) is 24.9 Å². The minimum Gasteiger partial charge on any atom is -0.466 e. The van der Waals surface area contributed by atoms with E-state index < -0.39 is 17.8 Å². The Morgan fingerprint density at radius 2 is 1.73 bits per heavy atom. The summed E-state index contributed by atoms with van der Waals surface area (Å²) in [6, 6.07) is 10.3. The topological polar surface area (TPSA) is 93.7 Å². The Balaban J connectivity index is 2.04. The zero-order chi connectivity index (χ0) is 19.1. The predicted molar refractivity (Wildman–Crippen MR) is 95.0 cm³/mol. The summed E-state index contributed by atoms with van der Waals surface area (Å²) in [4.78, 5) is 35.8. The fraction of sp³-hybridized carbons (Fsp3) is 0.0556. The SMILES string of the molecule is C=COc1ccc(C(=O)NNC(=O)c2cccc(C(=O)OC)c2)c(Cl)c1. The number of benzene rings is 2. The molecule has 0 saturated heterocycles. The zero-order valence-corrected chi connectivity index (χ0v) is 14.5. The first-order valence-electron chi connectivity index (χ1n) is 7.32. The van der Waals surface area contributed by atoms with E-state index in [0.29, 0.717) is 5.75 Å². The zero-order valence-electron chi connectivity index (χ0n) is 13.7. The molecule has 2 rings (SSSR count). The van der Waals surface area contributed by atoms with Crippen LogP contribution in [0.2, 0.25) is 5.02 Å². The smallest absolute Gasteiger partial charge is 0.337 e. The summed E-state index contributed by atoms with van der Waals surface area (Å²) in [5, 5.41) is 0.142. The average molecular weight is 375 g/mol. The number of ether oxygens (including phenoxy) is 2. The molecule has 0 aliphatic rings. The monoisotopic (exact) mass is 374 g/mol. The third-order valence-electron chi connectivity index (χ3n) is 3.24. The summed E-state index contributed by atoms with van der Waals surface area (Å²) >= 11 is 6.02.